The van der Waals surface area contributed by atoms with Gasteiger partial charge in [-0.2, -0.15) is 3.69 Å². The molecule has 0 aromatic heterocycles. The molecule has 0 saturated carbocycles. The molecule has 0 fully saturated rings. The molecule has 0 radical (unpaired) electrons. The number of hydrogen-bond acceptors (Lipinski definition) is 0. The minimum Gasteiger partial charge on any atom is -0.296 e. The van der Waals surface area contributed by atoms with Crippen LogP contribution in [-0.2, 0) is 0 Å². The second kappa shape index (κ2) is 5.58. The number of benzene rings is 1. The fraction of sp³-hybridized carbons (Fsp3) is 0.143. The van der Waals surface area contributed by atoms with E-state index in [4.69, 9.17) is 0 Å². The smallest absolute Gasteiger partial charge is 0.296 e. The first-order chi connectivity index (χ1) is 4.33. The Balaban J connectivity index is 0.000000810. The zero-order valence-corrected chi connectivity index (χ0v) is 10.5. The fourth-order valence-electron chi connectivity index (χ4n) is 0.677. The van der Waals surface area contributed by atoms with Crippen LogP contribution >= 0.6 is 29.9 Å². The average Bonchev–Trinajstić information content (AvgIpc) is 1.90. The molecular weight excluding hydrogens is 268 g/mol. The molecule has 0 aliphatic heterocycles. The predicted octanol–water partition coefficient (Wildman–Crippen LogP) is 2.21. The van der Waals surface area contributed by atoms with Crippen LogP contribution in [0.4, 0.5) is 0 Å². The maximum absolute atomic E-state index is 3.52. The molecule has 0 nitrogen and oxygen atoms in total. The minimum atomic E-state index is -0.112. The summed E-state index contributed by atoms with van der Waals surface area (Å²) in [6, 6.07) is 8.69. The third kappa shape index (κ3) is 3.37. The third-order valence-corrected chi connectivity index (χ3v) is 4.00. The standard InChI is InChI=1S/C7H7.2BrH.Mg/c1-7-5-3-2-4-6-7;;;/h3-6H,1H3;2*1H;/q;;;+1/p-1. The van der Waals surface area contributed by atoms with E-state index in [1.165, 1.54) is 9.26 Å². The molecule has 10 heavy (non-hydrogen) atoms. The van der Waals surface area contributed by atoms with E-state index in [0.717, 1.165) is 0 Å². The lowest BCUT2D eigenvalue weighted by Gasteiger charge is -1.93. The van der Waals surface area contributed by atoms with Gasteiger partial charge in [-0.05, 0) is 6.92 Å². The third-order valence-electron chi connectivity index (χ3n) is 1.27. The van der Waals surface area contributed by atoms with Crippen LogP contribution in [0.15, 0.2) is 24.3 Å². The second-order valence-corrected chi connectivity index (χ2v) is 4.89. The van der Waals surface area contributed by atoms with Crippen LogP contribution in [0.1, 0.15) is 5.56 Å². The predicted molar refractivity (Wildman–Crippen MR) is 55.8 cm³/mol. The first kappa shape index (κ1) is 10.9. The molecule has 0 atom stereocenters. The van der Waals surface area contributed by atoms with Gasteiger partial charge in [-0.1, -0.05) is 29.8 Å². The highest BCUT2D eigenvalue weighted by Crippen LogP contribution is 1.92. The van der Waals surface area contributed by atoms with Gasteiger partial charge in [0.05, 0.1) is 0 Å². The van der Waals surface area contributed by atoms with Gasteiger partial charge >= 0.3 is 18.2 Å². The van der Waals surface area contributed by atoms with Crippen LogP contribution < -0.4 is 3.69 Å². The van der Waals surface area contributed by atoms with E-state index in [-0.39, 0.29) is 35.2 Å². The van der Waals surface area contributed by atoms with E-state index < -0.39 is 0 Å². The van der Waals surface area contributed by atoms with E-state index in [1.54, 1.807) is 0 Å². The van der Waals surface area contributed by atoms with Crippen molar-refractivity contribution in [3.63, 3.8) is 0 Å². The molecule has 0 N–H and O–H groups in total. The zero-order valence-electron chi connectivity index (χ0n) is 5.80. The van der Waals surface area contributed by atoms with Crippen LogP contribution in [-0.4, -0.2) is 18.2 Å². The lowest BCUT2D eigenvalue weighted by molar-refractivity contribution is 1.49. The molecule has 1 rings (SSSR count). The molecule has 1 aromatic rings. The van der Waals surface area contributed by atoms with Crippen LogP contribution in [0.5, 0.6) is 0 Å². The van der Waals surface area contributed by atoms with Gasteiger partial charge < -0.3 is 0 Å². The molecule has 1 aromatic carbocycles. The monoisotopic (exact) mass is 274 g/mol. The van der Waals surface area contributed by atoms with E-state index in [1.807, 2.05) is 0 Å². The SMILES string of the molecule is Br.Cc1cc[c]([Mg][Br])cc1. The van der Waals surface area contributed by atoms with Crippen molar-refractivity contribution < 1.29 is 0 Å². The van der Waals surface area contributed by atoms with E-state index >= 15 is 0 Å². The van der Waals surface area contributed by atoms with Gasteiger partial charge in [0, 0.05) is 0 Å². The Morgan fingerprint density at radius 2 is 1.70 bits per heavy atom. The molecule has 3 heteroatoms. The summed E-state index contributed by atoms with van der Waals surface area (Å²) >= 11 is 3.41. The summed E-state index contributed by atoms with van der Waals surface area (Å²) < 4.78 is 1.47. The molecule has 0 amide bonds. The number of halogens is 2. The van der Waals surface area contributed by atoms with Crippen LogP contribution in [0.3, 0.4) is 0 Å². The molecule has 0 saturated heterocycles. The minimum absolute atomic E-state index is 0. The number of rotatable bonds is 1. The Kier molecular flexibility index (Phi) is 6.11. The average molecular weight is 276 g/mol. The highest BCUT2D eigenvalue weighted by Gasteiger charge is 1.91. The van der Waals surface area contributed by atoms with Crippen molar-refractivity contribution in [2.75, 3.05) is 0 Å². The van der Waals surface area contributed by atoms with Gasteiger partial charge in [-0.15, -0.1) is 17.0 Å². The van der Waals surface area contributed by atoms with Gasteiger partial charge in [0.15, 0.2) is 0 Å². The topological polar surface area (TPSA) is 0 Å². The summed E-state index contributed by atoms with van der Waals surface area (Å²) in [6.45, 7) is 2.11. The van der Waals surface area contributed by atoms with Crippen LogP contribution in [0.2, 0.25) is 0 Å². The molecule has 0 spiro atoms. The van der Waals surface area contributed by atoms with E-state index in [2.05, 4.69) is 44.1 Å². The van der Waals surface area contributed by atoms with E-state index in [9.17, 15) is 0 Å². The summed E-state index contributed by atoms with van der Waals surface area (Å²) in [5.74, 6) is 0. The Bertz CT molecular complexity index is 183. The van der Waals surface area contributed by atoms with Gasteiger partial charge in [-0.3, -0.25) is 12.9 Å². The summed E-state index contributed by atoms with van der Waals surface area (Å²) in [5, 5.41) is 0. The molecule has 0 aliphatic carbocycles. The first-order valence-corrected chi connectivity index (χ1v) is 7.55. The molecule has 0 aliphatic rings. The Morgan fingerprint density at radius 1 is 1.20 bits per heavy atom. The molecule has 0 heterocycles. The van der Waals surface area contributed by atoms with Gasteiger partial charge in [0.25, 0.3) is 0 Å². The van der Waals surface area contributed by atoms with Crippen LogP contribution in [0.25, 0.3) is 0 Å². The number of hydrogen-bond donors (Lipinski definition) is 0. The van der Waals surface area contributed by atoms with Gasteiger partial charge in [0.2, 0.25) is 0 Å². The molecule has 0 unspecified atom stereocenters. The summed E-state index contributed by atoms with van der Waals surface area (Å²) in [6.07, 6.45) is 0. The first-order valence-electron chi connectivity index (χ1n) is 2.94. The summed E-state index contributed by atoms with van der Waals surface area (Å²) in [4.78, 5) is 0. The highest BCUT2D eigenvalue weighted by molar-refractivity contribution is 9.23. The largest absolute Gasteiger partial charge is 0.506 e. The fourth-order valence-corrected chi connectivity index (χ4v) is 2.21. The van der Waals surface area contributed by atoms with Gasteiger partial charge in [-0.25, -0.2) is 0 Å². The van der Waals surface area contributed by atoms with Crippen molar-refractivity contribution in [2.45, 2.75) is 6.92 Å². The normalized spacial score (nSPS) is 7.80. The van der Waals surface area contributed by atoms with Crippen molar-refractivity contribution in [2.24, 2.45) is 0 Å². The second-order valence-electron chi connectivity index (χ2n) is 2.12. The Labute approximate surface area is 87.8 Å². The van der Waals surface area contributed by atoms with E-state index in [0.29, 0.717) is 0 Å². The van der Waals surface area contributed by atoms with Crippen molar-refractivity contribution in [1.29, 1.82) is 0 Å². The zero-order chi connectivity index (χ0) is 6.69. The molecule has 52 valence electrons. The summed E-state index contributed by atoms with van der Waals surface area (Å²) in [5.41, 5.74) is 1.34. The van der Waals surface area contributed by atoms with Crippen molar-refractivity contribution in [1.82, 2.24) is 0 Å². The Hall–Kier alpha value is 0.946. The quantitative estimate of drug-likeness (QED) is 0.690. The maximum atomic E-state index is 3.52. The maximum Gasteiger partial charge on any atom is 0.506 e. The van der Waals surface area contributed by atoms with Gasteiger partial charge in [0.1, 0.15) is 0 Å². The van der Waals surface area contributed by atoms with Crippen molar-refractivity contribution in [3.8, 4) is 0 Å². The number of aryl methyl sites for hydroxylation is 1. The van der Waals surface area contributed by atoms with Crippen molar-refractivity contribution in [3.05, 3.63) is 29.8 Å². The van der Waals surface area contributed by atoms with Crippen LogP contribution in [0, 0.1) is 6.92 Å². The summed E-state index contributed by atoms with van der Waals surface area (Å²) in [7, 11) is 0. The lowest BCUT2D eigenvalue weighted by Crippen LogP contribution is -2.06. The molecular formula is C7H8Br2Mg. The highest BCUT2D eigenvalue weighted by atomic mass is 79.9. The molecule has 0 bridgehead atoms. The lowest BCUT2D eigenvalue weighted by atomic mass is 10.2. The Morgan fingerprint density at radius 3 is 2.10 bits per heavy atom. The van der Waals surface area contributed by atoms with Crippen molar-refractivity contribution >= 4 is 51.8 Å².